The molecular formula is C13H16N4O4S2. The lowest BCUT2D eigenvalue weighted by Gasteiger charge is -2.33. The van der Waals surface area contributed by atoms with E-state index in [-0.39, 0.29) is 12.5 Å². The molecule has 3 rings (SSSR count). The number of nitrogens with one attached hydrogen (secondary N) is 1. The van der Waals surface area contributed by atoms with E-state index in [9.17, 15) is 13.2 Å². The molecule has 1 amide bonds. The summed E-state index contributed by atoms with van der Waals surface area (Å²) in [5.74, 6) is 0.169. The fourth-order valence-electron chi connectivity index (χ4n) is 2.33. The average Bonchev–Trinajstić information content (AvgIpc) is 3.21. The molecule has 1 aliphatic rings. The molecule has 0 unspecified atom stereocenters. The van der Waals surface area contributed by atoms with Gasteiger partial charge in [-0.3, -0.25) is 9.69 Å². The molecule has 1 N–H and O–H groups in total. The van der Waals surface area contributed by atoms with Crippen LogP contribution in [0.25, 0.3) is 0 Å². The van der Waals surface area contributed by atoms with Crippen molar-refractivity contribution in [1.82, 2.24) is 14.4 Å². The fraction of sp³-hybridized carbons (Fsp3) is 0.385. The minimum absolute atomic E-state index is 0.194. The third-order valence-corrected chi connectivity index (χ3v) is 6.76. The van der Waals surface area contributed by atoms with Gasteiger partial charge in [0.2, 0.25) is 5.91 Å². The van der Waals surface area contributed by atoms with Gasteiger partial charge in [-0.05, 0) is 11.4 Å². The van der Waals surface area contributed by atoms with Crippen molar-refractivity contribution in [3.05, 3.63) is 29.8 Å². The number of carbonyl (C=O) groups is 1. The zero-order valence-corrected chi connectivity index (χ0v) is 13.8. The van der Waals surface area contributed by atoms with Crippen LogP contribution in [0.3, 0.4) is 0 Å². The van der Waals surface area contributed by atoms with Crippen molar-refractivity contribution < 1.29 is 17.7 Å². The highest BCUT2D eigenvalue weighted by molar-refractivity contribution is 7.91. The predicted octanol–water partition coefficient (Wildman–Crippen LogP) is 0.681. The highest BCUT2D eigenvalue weighted by Crippen LogP contribution is 2.21. The van der Waals surface area contributed by atoms with Crippen molar-refractivity contribution in [3.8, 4) is 0 Å². The van der Waals surface area contributed by atoms with Gasteiger partial charge in [-0.25, -0.2) is 8.42 Å². The van der Waals surface area contributed by atoms with Crippen LogP contribution < -0.4 is 5.32 Å². The maximum atomic E-state index is 12.4. The first-order chi connectivity index (χ1) is 11.1. The van der Waals surface area contributed by atoms with Crippen LogP contribution in [-0.2, 0) is 14.8 Å². The first-order valence-electron chi connectivity index (χ1n) is 7.02. The number of aromatic nitrogens is 1. The zero-order valence-electron chi connectivity index (χ0n) is 12.2. The molecule has 0 aromatic carbocycles. The van der Waals surface area contributed by atoms with Gasteiger partial charge in [0.05, 0.1) is 6.54 Å². The molecule has 0 saturated carbocycles. The SMILES string of the molecule is O=C(CN1CCN(S(=O)(=O)c2cccs2)CC1)Nc1ccon1. The number of thiophene rings is 1. The molecule has 10 heteroatoms. The second-order valence-corrected chi connectivity index (χ2v) is 8.16. The summed E-state index contributed by atoms with van der Waals surface area (Å²) in [6, 6.07) is 4.89. The molecule has 2 aromatic heterocycles. The first kappa shape index (κ1) is 16.1. The predicted molar refractivity (Wildman–Crippen MR) is 84.7 cm³/mol. The van der Waals surface area contributed by atoms with Crippen molar-refractivity contribution in [3.63, 3.8) is 0 Å². The Balaban J connectivity index is 1.51. The lowest BCUT2D eigenvalue weighted by atomic mass is 10.3. The van der Waals surface area contributed by atoms with Crippen LogP contribution in [0.5, 0.6) is 0 Å². The normalized spacial score (nSPS) is 17.2. The second kappa shape index (κ2) is 6.79. The van der Waals surface area contributed by atoms with Crippen LogP contribution in [-0.4, -0.2) is 61.4 Å². The highest BCUT2D eigenvalue weighted by Gasteiger charge is 2.29. The van der Waals surface area contributed by atoms with Crippen molar-refractivity contribution in [2.45, 2.75) is 4.21 Å². The molecule has 1 fully saturated rings. The molecule has 0 aliphatic carbocycles. The molecule has 1 aliphatic heterocycles. The van der Waals surface area contributed by atoms with Crippen LogP contribution in [0, 0.1) is 0 Å². The van der Waals surface area contributed by atoms with E-state index >= 15 is 0 Å². The molecular weight excluding hydrogens is 340 g/mol. The number of sulfonamides is 1. The molecule has 0 radical (unpaired) electrons. The van der Waals surface area contributed by atoms with Gasteiger partial charge in [-0.2, -0.15) is 4.31 Å². The number of anilines is 1. The third-order valence-electron chi connectivity index (χ3n) is 3.49. The summed E-state index contributed by atoms with van der Waals surface area (Å²) in [5, 5.41) is 7.98. The van der Waals surface area contributed by atoms with Gasteiger partial charge in [0.1, 0.15) is 10.5 Å². The summed E-state index contributed by atoms with van der Waals surface area (Å²) < 4.78 is 31.3. The molecule has 2 aromatic rings. The Bertz CT molecular complexity index is 735. The molecule has 8 nitrogen and oxygen atoms in total. The van der Waals surface area contributed by atoms with Gasteiger partial charge in [-0.15, -0.1) is 11.3 Å². The number of piperazine rings is 1. The summed E-state index contributed by atoms with van der Waals surface area (Å²) in [4.78, 5) is 13.8. The van der Waals surface area contributed by atoms with Gasteiger partial charge < -0.3 is 9.84 Å². The monoisotopic (exact) mass is 356 g/mol. The standard InChI is InChI=1S/C13H16N4O4S2/c18-12(14-11-3-8-21-15-11)10-16-4-6-17(7-5-16)23(19,20)13-2-1-9-22-13/h1-3,8-9H,4-7,10H2,(H,14,15,18). The van der Waals surface area contributed by atoms with E-state index in [4.69, 9.17) is 0 Å². The van der Waals surface area contributed by atoms with Gasteiger partial charge in [0, 0.05) is 32.2 Å². The van der Waals surface area contributed by atoms with E-state index in [0.29, 0.717) is 36.2 Å². The van der Waals surface area contributed by atoms with Crippen molar-refractivity contribution in [2.75, 3.05) is 38.0 Å². The summed E-state index contributed by atoms with van der Waals surface area (Å²) in [5.41, 5.74) is 0. The summed E-state index contributed by atoms with van der Waals surface area (Å²) in [6.07, 6.45) is 1.38. The lowest BCUT2D eigenvalue weighted by Crippen LogP contribution is -2.50. The molecule has 124 valence electrons. The zero-order chi connectivity index (χ0) is 16.3. The second-order valence-electron chi connectivity index (χ2n) is 5.05. The summed E-state index contributed by atoms with van der Waals surface area (Å²) in [7, 11) is -3.41. The highest BCUT2D eigenvalue weighted by atomic mass is 32.2. The molecule has 0 bridgehead atoms. The number of rotatable bonds is 5. The smallest absolute Gasteiger partial charge is 0.252 e. The lowest BCUT2D eigenvalue weighted by molar-refractivity contribution is -0.117. The molecule has 0 spiro atoms. The van der Waals surface area contributed by atoms with Crippen LogP contribution in [0.15, 0.2) is 38.6 Å². The Kier molecular flexibility index (Phi) is 4.76. The summed E-state index contributed by atoms with van der Waals surface area (Å²) in [6.45, 7) is 1.96. The summed E-state index contributed by atoms with van der Waals surface area (Å²) >= 11 is 1.21. The minimum atomic E-state index is -3.41. The maximum absolute atomic E-state index is 12.4. The quantitative estimate of drug-likeness (QED) is 0.846. The van der Waals surface area contributed by atoms with E-state index in [0.717, 1.165) is 0 Å². The van der Waals surface area contributed by atoms with Crippen LogP contribution in [0.1, 0.15) is 0 Å². The largest absolute Gasteiger partial charge is 0.363 e. The van der Waals surface area contributed by atoms with Crippen molar-refractivity contribution in [1.29, 1.82) is 0 Å². The van der Waals surface area contributed by atoms with Gasteiger partial charge in [0.25, 0.3) is 10.0 Å². The van der Waals surface area contributed by atoms with Crippen LogP contribution >= 0.6 is 11.3 Å². The van der Waals surface area contributed by atoms with Gasteiger partial charge in [0.15, 0.2) is 5.82 Å². The van der Waals surface area contributed by atoms with Gasteiger partial charge in [-0.1, -0.05) is 11.2 Å². The van der Waals surface area contributed by atoms with E-state index in [1.807, 2.05) is 4.90 Å². The third kappa shape index (κ3) is 3.78. The minimum Gasteiger partial charge on any atom is -0.363 e. The van der Waals surface area contributed by atoms with Crippen LogP contribution in [0.4, 0.5) is 5.82 Å². The molecule has 23 heavy (non-hydrogen) atoms. The number of amides is 1. The van der Waals surface area contributed by atoms with E-state index in [1.165, 1.54) is 21.9 Å². The van der Waals surface area contributed by atoms with E-state index in [1.54, 1.807) is 23.6 Å². The van der Waals surface area contributed by atoms with E-state index < -0.39 is 10.0 Å². The van der Waals surface area contributed by atoms with Crippen molar-refractivity contribution in [2.24, 2.45) is 0 Å². The number of nitrogens with zero attached hydrogens (tertiary/aromatic N) is 3. The Morgan fingerprint density at radius 2 is 2.09 bits per heavy atom. The molecule has 3 heterocycles. The number of carbonyl (C=O) groups excluding carboxylic acids is 1. The number of hydrogen-bond donors (Lipinski definition) is 1. The maximum Gasteiger partial charge on any atom is 0.252 e. The topological polar surface area (TPSA) is 95.8 Å². The number of hydrogen-bond acceptors (Lipinski definition) is 7. The average molecular weight is 356 g/mol. The molecule has 1 saturated heterocycles. The fourth-order valence-corrected chi connectivity index (χ4v) is 4.89. The van der Waals surface area contributed by atoms with Gasteiger partial charge >= 0.3 is 0 Å². The van der Waals surface area contributed by atoms with E-state index in [2.05, 4.69) is 15.0 Å². The Hall–Kier alpha value is -1.75. The molecule has 0 atom stereocenters. The Morgan fingerprint density at radius 3 is 2.70 bits per heavy atom. The van der Waals surface area contributed by atoms with Crippen LogP contribution in [0.2, 0.25) is 0 Å². The Labute approximate surface area is 137 Å². The first-order valence-corrected chi connectivity index (χ1v) is 9.34. The Morgan fingerprint density at radius 1 is 1.30 bits per heavy atom. The van der Waals surface area contributed by atoms with Crippen molar-refractivity contribution >= 4 is 33.1 Å².